The summed E-state index contributed by atoms with van der Waals surface area (Å²) in [7, 11) is 0. The van der Waals surface area contributed by atoms with Gasteiger partial charge in [-0.05, 0) is 57.9 Å². The number of nitrogens with two attached hydrogens (primary N) is 2. The Morgan fingerprint density at radius 1 is 1.31 bits per heavy atom. The van der Waals surface area contributed by atoms with Gasteiger partial charge in [-0.25, -0.2) is 13.8 Å². The number of amides is 1. The first-order valence-corrected chi connectivity index (χ1v) is 10.4. The molecular weight excluding hydrogens is 416 g/mol. The van der Waals surface area contributed by atoms with Crippen LogP contribution in [0.2, 0.25) is 0 Å². The van der Waals surface area contributed by atoms with Gasteiger partial charge in [-0.15, -0.1) is 0 Å². The summed E-state index contributed by atoms with van der Waals surface area (Å²) in [5, 5.41) is 2.86. The number of ether oxygens (including phenoxy) is 1. The number of nitrogens with one attached hydrogen (secondary N) is 1. The lowest BCUT2D eigenvalue weighted by Crippen LogP contribution is -2.50. The van der Waals surface area contributed by atoms with E-state index in [-0.39, 0.29) is 30.7 Å². The Bertz CT molecular complexity index is 1120. The molecule has 0 radical (unpaired) electrons. The number of aryl methyl sites for hydroxylation is 2. The molecule has 9 heteroatoms. The average Bonchev–Trinajstić information content (AvgIpc) is 3.00. The van der Waals surface area contributed by atoms with Gasteiger partial charge in [0, 0.05) is 24.3 Å². The maximum atomic E-state index is 14.0. The molecule has 0 aliphatic rings. The van der Waals surface area contributed by atoms with Gasteiger partial charge in [0.15, 0.2) is 11.4 Å². The number of hydrogen-bond donors (Lipinski definition) is 3. The van der Waals surface area contributed by atoms with Crippen LogP contribution in [0.3, 0.4) is 0 Å². The van der Waals surface area contributed by atoms with Crippen molar-refractivity contribution in [3.05, 3.63) is 64.6 Å². The molecule has 2 heterocycles. The largest absolute Gasteiger partial charge is 0.485 e. The van der Waals surface area contributed by atoms with E-state index in [1.165, 1.54) is 18.2 Å². The molecule has 2 atom stereocenters. The molecular formula is C23H29F2N5O2. The fourth-order valence-corrected chi connectivity index (χ4v) is 3.73. The number of rotatable bonds is 8. The molecule has 2 aromatic heterocycles. The van der Waals surface area contributed by atoms with Crippen LogP contribution in [0.5, 0.6) is 5.75 Å². The quantitative estimate of drug-likeness (QED) is 0.494. The summed E-state index contributed by atoms with van der Waals surface area (Å²) in [6, 6.07) is 5.25. The van der Waals surface area contributed by atoms with Crippen LogP contribution in [0, 0.1) is 25.5 Å². The van der Waals surface area contributed by atoms with Crippen LogP contribution in [0.4, 0.5) is 8.78 Å². The number of pyridine rings is 1. The van der Waals surface area contributed by atoms with Crippen LogP contribution in [0.15, 0.2) is 30.5 Å². The first-order valence-electron chi connectivity index (χ1n) is 10.4. The van der Waals surface area contributed by atoms with Crippen LogP contribution in [-0.4, -0.2) is 33.4 Å². The topological polar surface area (TPSA) is 108 Å². The maximum absolute atomic E-state index is 14.0. The molecule has 0 saturated carbocycles. The van der Waals surface area contributed by atoms with Gasteiger partial charge in [-0.2, -0.15) is 0 Å². The van der Waals surface area contributed by atoms with Crippen molar-refractivity contribution in [2.24, 2.45) is 11.5 Å². The average molecular weight is 446 g/mol. The number of fused-ring (bicyclic) bond motifs is 1. The Labute approximate surface area is 185 Å². The number of imidazole rings is 1. The molecule has 3 rings (SSSR count). The van der Waals surface area contributed by atoms with Crippen LogP contribution in [-0.2, 0) is 6.61 Å². The third kappa shape index (κ3) is 5.23. The second kappa shape index (κ2) is 9.22. The Balaban J connectivity index is 1.88. The highest BCUT2D eigenvalue weighted by molar-refractivity contribution is 5.95. The van der Waals surface area contributed by atoms with E-state index in [2.05, 4.69) is 10.3 Å². The van der Waals surface area contributed by atoms with Gasteiger partial charge >= 0.3 is 0 Å². The third-order valence-electron chi connectivity index (χ3n) is 5.09. The van der Waals surface area contributed by atoms with E-state index < -0.39 is 17.2 Å². The van der Waals surface area contributed by atoms with E-state index in [1.807, 2.05) is 20.8 Å². The van der Waals surface area contributed by atoms with Crippen molar-refractivity contribution in [3.8, 4) is 5.75 Å². The highest BCUT2D eigenvalue weighted by Gasteiger charge is 2.24. The second-order valence-corrected chi connectivity index (χ2v) is 8.63. The summed E-state index contributed by atoms with van der Waals surface area (Å²) in [5.41, 5.74) is 13.2. The van der Waals surface area contributed by atoms with Crippen LogP contribution in [0.1, 0.15) is 47.6 Å². The lowest BCUT2D eigenvalue weighted by molar-refractivity contribution is 0.0936. The number of nitrogens with zero attached hydrogens (tertiary/aromatic N) is 2. The van der Waals surface area contributed by atoms with E-state index >= 15 is 0 Å². The fourth-order valence-electron chi connectivity index (χ4n) is 3.73. The van der Waals surface area contributed by atoms with Crippen LogP contribution in [0.25, 0.3) is 5.65 Å². The molecule has 0 spiro atoms. The van der Waals surface area contributed by atoms with E-state index in [9.17, 15) is 13.6 Å². The molecule has 1 amide bonds. The van der Waals surface area contributed by atoms with Crippen molar-refractivity contribution in [3.63, 3.8) is 0 Å². The monoisotopic (exact) mass is 445 g/mol. The standard InChI is InChI=1S/C23H29F2N5O2/c1-13-8-19(32-11-16-17(24)6-5-7-18(16)25)21-29-15(3)20(30(21)10-13)22(31)28-12-23(4,27)9-14(2)26/h5-8,10,14H,9,11-12,26-27H2,1-4H3,(H,28,31). The lowest BCUT2D eigenvalue weighted by atomic mass is 9.95. The highest BCUT2D eigenvalue weighted by atomic mass is 19.1. The first-order chi connectivity index (χ1) is 15.0. The minimum atomic E-state index is -0.690. The molecule has 3 aromatic rings. The summed E-state index contributed by atoms with van der Waals surface area (Å²) in [6.45, 7) is 7.15. The van der Waals surface area contributed by atoms with Gasteiger partial charge in [0.25, 0.3) is 5.91 Å². The summed E-state index contributed by atoms with van der Waals surface area (Å²) in [5.74, 6) is -1.40. The number of hydrogen-bond acceptors (Lipinski definition) is 5. The zero-order chi connectivity index (χ0) is 23.6. The van der Waals surface area contributed by atoms with Crippen molar-refractivity contribution in [2.45, 2.75) is 52.3 Å². The number of carbonyl (C=O) groups excluding carboxylic acids is 1. The minimum Gasteiger partial charge on any atom is -0.485 e. The van der Waals surface area contributed by atoms with Crippen molar-refractivity contribution >= 4 is 11.6 Å². The zero-order valence-electron chi connectivity index (χ0n) is 18.7. The number of benzene rings is 1. The molecule has 32 heavy (non-hydrogen) atoms. The van der Waals surface area contributed by atoms with Gasteiger partial charge in [0.1, 0.15) is 23.9 Å². The first kappa shape index (κ1) is 23.6. The van der Waals surface area contributed by atoms with Gasteiger partial charge in [0.2, 0.25) is 0 Å². The van der Waals surface area contributed by atoms with Crippen molar-refractivity contribution < 1.29 is 18.3 Å². The van der Waals surface area contributed by atoms with E-state index in [1.54, 1.807) is 23.6 Å². The van der Waals surface area contributed by atoms with E-state index in [0.717, 1.165) is 5.56 Å². The Kier molecular flexibility index (Phi) is 6.80. The zero-order valence-corrected chi connectivity index (χ0v) is 18.7. The summed E-state index contributed by atoms with van der Waals surface area (Å²) >= 11 is 0. The van der Waals surface area contributed by atoms with Gasteiger partial charge in [-0.1, -0.05) is 6.07 Å². The van der Waals surface area contributed by atoms with Crippen LogP contribution < -0.4 is 21.5 Å². The normalized spacial score (nSPS) is 14.2. The molecule has 172 valence electrons. The third-order valence-corrected chi connectivity index (χ3v) is 5.09. The maximum Gasteiger partial charge on any atom is 0.270 e. The SMILES string of the molecule is Cc1cc(OCc2c(F)cccc2F)c2nc(C)c(C(=O)NCC(C)(N)CC(C)N)n2c1. The fraction of sp³-hybridized carbons (Fsp3) is 0.391. The van der Waals surface area contributed by atoms with Crippen molar-refractivity contribution in [1.82, 2.24) is 14.7 Å². The second-order valence-electron chi connectivity index (χ2n) is 8.63. The van der Waals surface area contributed by atoms with Crippen LogP contribution >= 0.6 is 0 Å². The Morgan fingerprint density at radius 2 is 1.97 bits per heavy atom. The lowest BCUT2D eigenvalue weighted by Gasteiger charge is -2.26. The Hall–Kier alpha value is -3.04. The molecule has 7 nitrogen and oxygen atoms in total. The Morgan fingerprint density at radius 3 is 2.59 bits per heavy atom. The number of aromatic nitrogens is 2. The van der Waals surface area contributed by atoms with Crippen molar-refractivity contribution in [1.29, 1.82) is 0 Å². The van der Waals surface area contributed by atoms with Gasteiger partial charge < -0.3 is 21.5 Å². The predicted octanol–water partition coefficient (Wildman–Crippen LogP) is 2.99. The molecule has 1 aromatic carbocycles. The molecule has 0 aliphatic carbocycles. The van der Waals surface area contributed by atoms with Crippen molar-refractivity contribution in [2.75, 3.05) is 6.54 Å². The highest BCUT2D eigenvalue weighted by Crippen LogP contribution is 2.26. The van der Waals surface area contributed by atoms with Gasteiger partial charge in [-0.3, -0.25) is 9.20 Å². The minimum absolute atomic E-state index is 0.0962. The molecule has 0 bridgehead atoms. The van der Waals surface area contributed by atoms with E-state index in [0.29, 0.717) is 29.2 Å². The van der Waals surface area contributed by atoms with E-state index in [4.69, 9.17) is 16.2 Å². The molecule has 0 saturated heterocycles. The number of halogens is 2. The summed E-state index contributed by atoms with van der Waals surface area (Å²) in [6.07, 6.45) is 2.30. The predicted molar refractivity (Wildman–Crippen MR) is 119 cm³/mol. The molecule has 2 unspecified atom stereocenters. The molecule has 0 fully saturated rings. The van der Waals surface area contributed by atoms with Gasteiger partial charge in [0.05, 0.1) is 11.3 Å². The number of carbonyl (C=O) groups is 1. The smallest absolute Gasteiger partial charge is 0.270 e. The summed E-state index contributed by atoms with van der Waals surface area (Å²) in [4.78, 5) is 17.4. The molecule has 0 aliphatic heterocycles. The summed E-state index contributed by atoms with van der Waals surface area (Å²) < 4.78 is 35.3. The molecule has 5 N–H and O–H groups in total.